The number of carboxylic acids is 1. The van der Waals surface area contributed by atoms with E-state index < -0.39 is 5.97 Å². The lowest BCUT2D eigenvalue weighted by Gasteiger charge is -2.14. The van der Waals surface area contributed by atoms with Crippen LogP contribution >= 0.6 is 0 Å². The molecule has 4 N–H and O–H groups in total. The Morgan fingerprint density at radius 1 is 1.29 bits per heavy atom. The van der Waals surface area contributed by atoms with Gasteiger partial charge in [0.1, 0.15) is 0 Å². The number of rotatable bonds is 3. The maximum absolute atomic E-state index is 11.2. The van der Waals surface area contributed by atoms with Crippen LogP contribution < -0.4 is 10.5 Å². The maximum atomic E-state index is 11.2. The van der Waals surface area contributed by atoms with Crippen molar-refractivity contribution in [2.24, 2.45) is 0 Å². The number of aromatic carboxylic acids is 1. The van der Waals surface area contributed by atoms with Crippen molar-refractivity contribution >= 4 is 11.8 Å². The summed E-state index contributed by atoms with van der Waals surface area (Å²) in [6.07, 6.45) is 0. The van der Waals surface area contributed by atoms with E-state index in [-0.39, 0.29) is 23.2 Å². The zero-order valence-electron chi connectivity index (χ0n) is 10.6. The molecule has 0 atom stereocenters. The fourth-order valence-electron chi connectivity index (χ4n) is 1.79. The van der Waals surface area contributed by atoms with E-state index >= 15 is 0 Å². The van der Waals surface area contributed by atoms with Gasteiger partial charge in [0.2, 0.25) is 0 Å². The van der Waals surface area contributed by atoms with Crippen molar-refractivity contribution in [2.75, 3.05) is 5.73 Å². The summed E-state index contributed by atoms with van der Waals surface area (Å²) in [7, 11) is 0. The van der Waals surface area contributed by atoms with E-state index in [2.05, 4.69) is 0 Å². The van der Waals surface area contributed by atoms with Crippen molar-refractivity contribution in [2.45, 2.75) is 39.5 Å². The maximum Gasteiger partial charge on any atom is 0.344 e. The van der Waals surface area contributed by atoms with Crippen LogP contribution in [0.5, 0.6) is 0 Å². The number of hydrogen-bond donors (Lipinski definition) is 3. The van der Waals surface area contributed by atoms with Gasteiger partial charge >= 0.3 is 11.8 Å². The first kappa shape index (κ1) is 13.3. The first-order valence-electron chi connectivity index (χ1n) is 5.58. The Kier molecular flexibility index (Phi) is 3.60. The quantitative estimate of drug-likeness (QED) is 0.554. The molecule has 5 nitrogen and oxygen atoms in total. The van der Waals surface area contributed by atoms with E-state index in [0.717, 1.165) is 4.73 Å². The summed E-state index contributed by atoms with van der Waals surface area (Å²) in [5, 5.41) is 19.0. The molecule has 94 valence electrons. The molecule has 0 aliphatic carbocycles. The molecule has 0 fully saturated rings. The molecule has 0 amide bonds. The van der Waals surface area contributed by atoms with Crippen LogP contribution in [0.2, 0.25) is 0 Å². The van der Waals surface area contributed by atoms with Crippen LogP contribution in [0.1, 0.15) is 61.1 Å². The molecule has 0 bridgehead atoms. The van der Waals surface area contributed by atoms with Crippen LogP contribution in [-0.4, -0.2) is 16.3 Å². The van der Waals surface area contributed by atoms with E-state index in [1.165, 1.54) is 0 Å². The van der Waals surface area contributed by atoms with Gasteiger partial charge in [-0.15, -0.1) is 0 Å². The summed E-state index contributed by atoms with van der Waals surface area (Å²) in [6, 6.07) is 1.70. The van der Waals surface area contributed by atoms with Gasteiger partial charge in [-0.2, -0.15) is 0 Å². The van der Waals surface area contributed by atoms with Crippen LogP contribution in [0.3, 0.4) is 0 Å². The van der Waals surface area contributed by atoms with Crippen molar-refractivity contribution in [3.05, 3.63) is 22.9 Å². The Labute approximate surface area is 100 Å². The van der Waals surface area contributed by atoms with E-state index in [9.17, 15) is 10.0 Å². The molecular weight excluding hydrogens is 220 g/mol. The Hall–Kier alpha value is -1.78. The smallest absolute Gasteiger partial charge is 0.344 e. The third-order valence-electron chi connectivity index (χ3n) is 2.75. The molecule has 1 aromatic heterocycles. The lowest BCUT2D eigenvalue weighted by atomic mass is 9.95. The third kappa shape index (κ3) is 2.33. The van der Waals surface area contributed by atoms with Crippen LogP contribution in [-0.2, 0) is 0 Å². The number of nitrogens with two attached hydrogens (primary N) is 1. The summed E-state index contributed by atoms with van der Waals surface area (Å²) >= 11 is 0. The number of aromatic nitrogens is 1. The summed E-state index contributed by atoms with van der Waals surface area (Å²) in [6.45, 7) is 7.61. The van der Waals surface area contributed by atoms with Gasteiger partial charge in [-0.1, -0.05) is 27.7 Å². The zero-order chi connectivity index (χ0) is 13.3. The number of carbonyl (C=O) groups is 1. The molecule has 1 heterocycles. The lowest BCUT2D eigenvalue weighted by molar-refractivity contribution is -0.899. The second kappa shape index (κ2) is 4.61. The van der Waals surface area contributed by atoms with Crippen LogP contribution in [0.4, 0.5) is 5.82 Å². The molecule has 1 aromatic rings. The molecule has 0 radical (unpaired) electrons. The molecule has 0 spiro atoms. The van der Waals surface area contributed by atoms with Crippen LogP contribution in [0.25, 0.3) is 0 Å². The molecular formula is C12H19N2O3+. The average molecular weight is 239 g/mol. The third-order valence-corrected chi connectivity index (χ3v) is 2.75. The van der Waals surface area contributed by atoms with E-state index in [1.54, 1.807) is 6.07 Å². The number of nitrogen functional groups attached to an aromatic ring is 1. The predicted molar refractivity (Wildman–Crippen MR) is 63.4 cm³/mol. The molecule has 0 saturated carbocycles. The number of hydrogen-bond acceptors (Lipinski definition) is 3. The first-order chi connectivity index (χ1) is 7.77. The Balaban J connectivity index is 3.62. The van der Waals surface area contributed by atoms with Gasteiger partial charge in [0.05, 0.1) is 0 Å². The minimum atomic E-state index is -1.12. The summed E-state index contributed by atoms with van der Waals surface area (Å²) in [5.74, 6) is -1.15. The van der Waals surface area contributed by atoms with Gasteiger partial charge in [-0.3, -0.25) is 5.73 Å². The summed E-state index contributed by atoms with van der Waals surface area (Å²) in [4.78, 5) is 11.2. The van der Waals surface area contributed by atoms with Crippen molar-refractivity contribution in [1.29, 1.82) is 0 Å². The molecule has 5 heteroatoms. The SMILES string of the molecule is CC(C)c1cc(C(C)C)[n+](O)c(N)c1C(=O)O. The molecule has 0 aliphatic heterocycles. The summed E-state index contributed by atoms with van der Waals surface area (Å²) in [5.41, 5.74) is 6.92. The van der Waals surface area contributed by atoms with Gasteiger partial charge in [0, 0.05) is 5.92 Å². The van der Waals surface area contributed by atoms with Crippen molar-refractivity contribution in [1.82, 2.24) is 0 Å². The molecule has 17 heavy (non-hydrogen) atoms. The lowest BCUT2D eigenvalue weighted by Crippen LogP contribution is -2.41. The highest BCUT2D eigenvalue weighted by Crippen LogP contribution is 2.25. The fraction of sp³-hybridized carbons (Fsp3) is 0.500. The number of pyridine rings is 1. The standard InChI is InChI=1S/C12H18N2O3/c1-6(2)8-5-9(7(3)4)14(17)11(13)10(8)12(15)16/h5-7,13,17H,1-4H3,(H,15,16)/p+1. The van der Waals surface area contributed by atoms with Gasteiger partial charge < -0.3 is 10.3 Å². The second-order valence-corrected chi connectivity index (χ2v) is 4.71. The normalized spacial score (nSPS) is 11.2. The Morgan fingerprint density at radius 2 is 1.82 bits per heavy atom. The van der Waals surface area contributed by atoms with Crippen LogP contribution in [0, 0.1) is 0 Å². The fourth-order valence-corrected chi connectivity index (χ4v) is 1.79. The zero-order valence-corrected chi connectivity index (χ0v) is 10.6. The minimum Gasteiger partial charge on any atom is -0.477 e. The first-order valence-corrected chi connectivity index (χ1v) is 5.58. The second-order valence-electron chi connectivity index (χ2n) is 4.71. The predicted octanol–water partition coefficient (Wildman–Crippen LogP) is 1.74. The molecule has 1 rings (SSSR count). The summed E-state index contributed by atoms with van der Waals surface area (Å²) < 4.78 is 0.764. The minimum absolute atomic E-state index is 0.0214. The monoisotopic (exact) mass is 239 g/mol. The van der Waals surface area contributed by atoms with Crippen molar-refractivity contribution in [3.8, 4) is 0 Å². The largest absolute Gasteiger partial charge is 0.477 e. The van der Waals surface area contributed by atoms with Gasteiger partial charge in [-0.25, -0.2) is 4.79 Å². The van der Waals surface area contributed by atoms with E-state index in [4.69, 9.17) is 10.8 Å². The van der Waals surface area contributed by atoms with Gasteiger partial charge in [0.25, 0.3) is 0 Å². The highest BCUT2D eigenvalue weighted by atomic mass is 16.5. The van der Waals surface area contributed by atoms with E-state index in [0.29, 0.717) is 11.3 Å². The van der Waals surface area contributed by atoms with Gasteiger partial charge in [0.15, 0.2) is 11.3 Å². The highest BCUT2D eigenvalue weighted by molar-refractivity contribution is 5.93. The Bertz CT molecular complexity index is 454. The van der Waals surface area contributed by atoms with Crippen molar-refractivity contribution < 1.29 is 19.8 Å². The number of anilines is 1. The molecule has 0 aliphatic rings. The van der Waals surface area contributed by atoms with Crippen molar-refractivity contribution in [3.63, 3.8) is 0 Å². The molecule has 0 aromatic carbocycles. The molecule has 0 unspecified atom stereocenters. The highest BCUT2D eigenvalue weighted by Gasteiger charge is 2.28. The topological polar surface area (TPSA) is 87.4 Å². The number of carboxylic acid groups (broad SMARTS) is 1. The number of nitrogens with zero attached hydrogens (tertiary/aromatic N) is 1. The van der Waals surface area contributed by atoms with E-state index in [1.807, 2.05) is 27.7 Å². The van der Waals surface area contributed by atoms with Gasteiger partial charge in [-0.05, 0) is 22.3 Å². The average Bonchev–Trinajstić information content (AvgIpc) is 2.19. The van der Waals surface area contributed by atoms with Crippen LogP contribution in [0.15, 0.2) is 6.07 Å². The Morgan fingerprint density at radius 3 is 2.18 bits per heavy atom. The molecule has 0 saturated heterocycles.